The first-order valence-electron chi connectivity index (χ1n) is 12.2. The molecular weight excluding hydrogens is 481 g/mol. The molecule has 0 amide bonds. The van der Waals surface area contributed by atoms with Crippen LogP contribution in [0.2, 0.25) is 18.1 Å². The highest BCUT2D eigenvalue weighted by Gasteiger charge is 2.36. The number of halogens is 1. The molecule has 0 atom stereocenters. The molecule has 2 nitrogen and oxygen atoms in total. The van der Waals surface area contributed by atoms with Crippen LogP contribution in [0.3, 0.4) is 0 Å². The molecule has 0 saturated carbocycles. The lowest BCUT2D eigenvalue weighted by molar-refractivity contribution is 0.296. The molecule has 0 bridgehead atoms. The van der Waals surface area contributed by atoms with Gasteiger partial charge in [-0.25, -0.2) is 4.39 Å². The van der Waals surface area contributed by atoms with Crippen LogP contribution in [0, 0.1) is 17.7 Å². The molecule has 4 aromatic rings. The normalized spacial score (nSPS) is 11.7. The Balaban J connectivity index is 1.78. The van der Waals surface area contributed by atoms with E-state index in [1.54, 1.807) is 23.7 Å². The zero-order chi connectivity index (χ0) is 25.8. The van der Waals surface area contributed by atoms with Gasteiger partial charge >= 0.3 is 0 Å². The first-order valence-corrected chi connectivity index (χ1v) is 15.9. The number of nitrogens with zero attached hydrogens (tertiary/aromatic N) is 1. The zero-order valence-corrected chi connectivity index (χ0v) is 23.4. The number of aromatic nitrogens is 1. The minimum Gasteiger partial charge on any atom is -0.416 e. The third kappa shape index (κ3) is 5.84. The predicted molar refractivity (Wildman–Crippen MR) is 153 cm³/mol. The molecule has 0 radical (unpaired) electrons. The number of benzene rings is 2. The van der Waals surface area contributed by atoms with E-state index in [2.05, 4.69) is 62.8 Å². The van der Waals surface area contributed by atoms with Gasteiger partial charge in [-0.2, -0.15) is 0 Å². The molecule has 36 heavy (non-hydrogen) atoms. The molecule has 0 aliphatic carbocycles. The van der Waals surface area contributed by atoms with Crippen molar-refractivity contribution >= 4 is 19.7 Å². The third-order valence-electron chi connectivity index (χ3n) is 6.74. The van der Waals surface area contributed by atoms with Crippen LogP contribution in [0.15, 0.2) is 79.1 Å². The molecule has 0 spiro atoms. The Hall–Kier alpha value is -3.04. The van der Waals surface area contributed by atoms with E-state index in [4.69, 9.17) is 4.43 Å². The molecule has 0 aliphatic rings. The van der Waals surface area contributed by atoms with Crippen LogP contribution in [0.5, 0.6) is 0 Å². The van der Waals surface area contributed by atoms with E-state index in [0.717, 1.165) is 37.6 Å². The summed E-state index contributed by atoms with van der Waals surface area (Å²) in [5, 5.41) is 0.179. The van der Waals surface area contributed by atoms with E-state index >= 15 is 0 Å². The van der Waals surface area contributed by atoms with Gasteiger partial charge in [-0.15, -0.1) is 11.3 Å². The van der Waals surface area contributed by atoms with E-state index < -0.39 is 8.32 Å². The van der Waals surface area contributed by atoms with Crippen molar-refractivity contribution in [1.82, 2.24) is 4.98 Å². The molecule has 2 aromatic carbocycles. The highest BCUT2D eigenvalue weighted by Crippen LogP contribution is 2.47. The Morgan fingerprint density at radius 1 is 0.861 bits per heavy atom. The average Bonchev–Trinajstić information content (AvgIpc) is 3.24. The summed E-state index contributed by atoms with van der Waals surface area (Å²) in [5.74, 6) is 6.59. The van der Waals surface area contributed by atoms with Crippen LogP contribution >= 0.6 is 11.3 Å². The second-order valence-corrected chi connectivity index (χ2v) is 16.1. The monoisotopic (exact) mass is 513 g/mol. The van der Waals surface area contributed by atoms with Gasteiger partial charge in [0.15, 0.2) is 8.32 Å². The maximum Gasteiger partial charge on any atom is 0.192 e. The number of rotatable bonds is 6. The van der Waals surface area contributed by atoms with E-state index in [9.17, 15) is 4.39 Å². The van der Waals surface area contributed by atoms with E-state index in [0.29, 0.717) is 13.0 Å². The fourth-order valence-electron chi connectivity index (χ4n) is 3.71. The SMILES string of the molecule is CC(C)(C)[Si](C)(C)OCCC#Cc1sc(-c2ccc(F)cc2)c(-c2ccncc2)c1-c1ccccc1. The zero-order valence-electron chi connectivity index (χ0n) is 21.6. The van der Waals surface area contributed by atoms with Gasteiger partial charge in [-0.1, -0.05) is 75.1 Å². The minimum atomic E-state index is -1.80. The summed E-state index contributed by atoms with van der Waals surface area (Å²) in [5.41, 5.74) is 5.34. The Kier molecular flexibility index (Phi) is 7.90. The second-order valence-electron chi connectivity index (χ2n) is 10.3. The smallest absolute Gasteiger partial charge is 0.192 e. The van der Waals surface area contributed by atoms with E-state index in [-0.39, 0.29) is 10.9 Å². The molecule has 0 saturated heterocycles. The lowest BCUT2D eigenvalue weighted by atomic mass is 9.93. The highest BCUT2D eigenvalue weighted by molar-refractivity contribution is 7.17. The summed E-state index contributed by atoms with van der Waals surface area (Å²) < 4.78 is 20.1. The van der Waals surface area contributed by atoms with Gasteiger partial charge < -0.3 is 4.43 Å². The van der Waals surface area contributed by atoms with Gasteiger partial charge in [0, 0.05) is 41.4 Å². The summed E-state index contributed by atoms with van der Waals surface area (Å²) in [6, 6.07) is 21.1. The Labute approximate surface area is 219 Å². The summed E-state index contributed by atoms with van der Waals surface area (Å²) in [7, 11) is -1.80. The van der Waals surface area contributed by atoms with Crippen LogP contribution < -0.4 is 0 Å². The van der Waals surface area contributed by atoms with Gasteiger partial charge in [0.25, 0.3) is 0 Å². The Morgan fingerprint density at radius 3 is 2.14 bits per heavy atom. The molecule has 4 rings (SSSR count). The molecule has 0 N–H and O–H groups in total. The molecule has 184 valence electrons. The maximum atomic E-state index is 13.7. The highest BCUT2D eigenvalue weighted by atomic mass is 32.1. The topological polar surface area (TPSA) is 22.1 Å². The van der Waals surface area contributed by atoms with Crippen molar-refractivity contribution in [2.75, 3.05) is 6.61 Å². The lowest BCUT2D eigenvalue weighted by Crippen LogP contribution is -2.40. The van der Waals surface area contributed by atoms with Crippen molar-refractivity contribution in [2.24, 2.45) is 0 Å². The van der Waals surface area contributed by atoms with Crippen molar-refractivity contribution in [3.63, 3.8) is 0 Å². The van der Waals surface area contributed by atoms with Crippen LogP contribution in [-0.2, 0) is 4.43 Å². The van der Waals surface area contributed by atoms with E-state index in [1.165, 1.54) is 12.1 Å². The van der Waals surface area contributed by atoms with Gasteiger partial charge in [0.2, 0.25) is 0 Å². The molecule has 2 aromatic heterocycles. The van der Waals surface area contributed by atoms with Gasteiger partial charge in [-0.05, 0) is 59.1 Å². The fraction of sp³-hybridized carbons (Fsp3) is 0.258. The van der Waals surface area contributed by atoms with Crippen LogP contribution in [0.4, 0.5) is 4.39 Å². The summed E-state index contributed by atoms with van der Waals surface area (Å²) >= 11 is 1.65. The van der Waals surface area contributed by atoms with Crippen molar-refractivity contribution in [3.05, 3.63) is 89.8 Å². The van der Waals surface area contributed by atoms with Crippen LogP contribution in [0.1, 0.15) is 32.1 Å². The molecular formula is C31H32FNOSSi. The van der Waals surface area contributed by atoms with Crippen molar-refractivity contribution in [1.29, 1.82) is 0 Å². The summed E-state index contributed by atoms with van der Waals surface area (Å²) in [6.07, 6.45) is 4.29. The van der Waals surface area contributed by atoms with Gasteiger partial charge in [0.1, 0.15) is 5.82 Å². The quantitative estimate of drug-likeness (QED) is 0.146. The third-order valence-corrected chi connectivity index (χ3v) is 12.4. The summed E-state index contributed by atoms with van der Waals surface area (Å²) in [4.78, 5) is 6.29. The number of hydrogen-bond donors (Lipinski definition) is 0. The van der Waals surface area contributed by atoms with Crippen molar-refractivity contribution in [3.8, 4) is 44.5 Å². The second kappa shape index (κ2) is 10.9. The average molecular weight is 514 g/mol. The Morgan fingerprint density at radius 2 is 1.50 bits per heavy atom. The number of hydrogen-bond acceptors (Lipinski definition) is 3. The molecule has 5 heteroatoms. The maximum absolute atomic E-state index is 13.7. The minimum absolute atomic E-state index is 0.179. The first-order chi connectivity index (χ1) is 17.2. The van der Waals surface area contributed by atoms with Gasteiger partial charge in [0.05, 0.1) is 4.88 Å². The molecule has 2 heterocycles. The largest absolute Gasteiger partial charge is 0.416 e. The lowest BCUT2D eigenvalue weighted by Gasteiger charge is -2.35. The van der Waals surface area contributed by atoms with E-state index in [1.807, 2.05) is 42.5 Å². The van der Waals surface area contributed by atoms with Crippen molar-refractivity contribution < 1.29 is 8.82 Å². The van der Waals surface area contributed by atoms with Crippen LogP contribution in [0.25, 0.3) is 32.7 Å². The number of thiophene rings is 1. The first kappa shape index (κ1) is 26.0. The van der Waals surface area contributed by atoms with Gasteiger partial charge in [-0.3, -0.25) is 4.98 Å². The van der Waals surface area contributed by atoms with Crippen LogP contribution in [-0.4, -0.2) is 19.9 Å². The van der Waals surface area contributed by atoms with Crippen molar-refractivity contribution in [2.45, 2.75) is 45.3 Å². The standard InChI is InChI=1S/C31H32FNOSSi/c1-31(2,3)36(4,5)34-22-10-9-13-27-28(23-11-7-6-8-12-23)29(24-18-20-33-21-19-24)30(35-27)25-14-16-26(32)17-15-25/h6-8,11-12,14-21H,10,22H2,1-5H3. The fourth-order valence-corrected chi connectivity index (χ4v) is 5.99. The molecule has 0 aliphatic heterocycles. The summed E-state index contributed by atoms with van der Waals surface area (Å²) in [6.45, 7) is 11.9. The molecule has 0 unspecified atom stereocenters. The predicted octanol–water partition coefficient (Wildman–Crippen LogP) is 9.05. The molecule has 0 fully saturated rings. The number of pyridine rings is 1. The Bertz CT molecular complexity index is 1360.